The number of hydrogen-bond donors (Lipinski definition) is 3. The van der Waals surface area contributed by atoms with Crippen molar-refractivity contribution in [3.05, 3.63) is 76.8 Å². The first-order valence-electron chi connectivity index (χ1n) is 13.7. The summed E-state index contributed by atoms with van der Waals surface area (Å²) in [4.78, 5) is 27.1. The second-order valence-electron chi connectivity index (χ2n) is 10.7. The topological polar surface area (TPSA) is 82.7 Å². The van der Waals surface area contributed by atoms with E-state index < -0.39 is 0 Å². The molecule has 0 aromatic heterocycles. The number of nitrogens with zero attached hydrogens (tertiary/aromatic N) is 1. The predicted octanol–water partition coefficient (Wildman–Crippen LogP) is 4.97. The van der Waals surface area contributed by atoms with E-state index in [0.29, 0.717) is 38.2 Å². The maximum Gasteiger partial charge on any atom is 0.319 e. The number of allylic oxidation sites excluding steroid dienone is 2. The Balaban J connectivity index is 1.08. The van der Waals surface area contributed by atoms with Crippen LogP contribution in [-0.2, 0) is 22.6 Å². The first-order chi connectivity index (χ1) is 18.4. The van der Waals surface area contributed by atoms with Crippen LogP contribution in [0.2, 0.25) is 0 Å². The van der Waals surface area contributed by atoms with Crippen molar-refractivity contribution >= 4 is 17.6 Å². The van der Waals surface area contributed by atoms with Gasteiger partial charge in [-0.2, -0.15) is 0 Å². The van der Waals surface area contributed by atoms with Crippen LogP contribution in [0.1, 0.15) is 68.6 Å². The number of hydrogen-bond acceptors (Lipinski definition) is 4. The van der Waals surface area contributed by atoms with Gasteiger partial charge in [0.15, 0.2) is 0 Å². The van der Waals surface area contributed by atoms with Crippen LogP contribution in [0.25, 0.3) is 5.70 Å². The Morgan fingerprint density at radius 3 is 2.87 bits per heavy atom. The molecule has 3 amide bonds. The minimum Gasteiger partial charge on any atom is -0.369 e. The molecule has 7 nitrogen and oxygen atoms in total. The number of halogens is 1. The second kappa shape index (κ2) is 11.6. The zero-order valence-corrected chi connectivity index (χ0v) is 22.0. The van der Waals surface area contributed by atoms with E-state index in [0.717, 1.165) is 60.1 Å². The summed E-state index contributed by atoms with van der Waals surface area (Å²) in [5, 5.41) is 8.83. The van der Waals surface area contributed by atoms with Gasteiger partial charge in [-0.25, -0.2) is 9.18 Å². The van der Waals surface area contributed by atoms with Crippen LogP contribution in [0.3, 0.4) is 0 Å². The molecule has 3 N–H and O–H groups in total. The molecule has 1 saturated heterocycles. The number of nitrogens with one attached hydrogen (secondary N) is 3. The molecule has 2 aliphatic heterocycles. The van der Waals surface area contributed by atoms with Crippen LogP contribution >= 0.6 is 0 Å². The van der Waals surface area contributed by atoms with E-state index in [1.807, 2.05) is 37.3 Å². The van der Waals surface area contributed by atoms with Crippen molar-refractivity contribution in [2.24, 2.45) is 0 Å². The lowest BCUT2D eigenvalue weighted by Gasteiger charge is -2.34. The third-order valence-electron chi connectivity index (χ3n) is 7.86. The summed E-state index contributed by atoms with van der Waals surface area (Å²) in [6, 6.07) is 5.84. The summed E-state index contributed by atoms with van der Waals surface area (Å²) < 4.78 is 19.8. The highest BCUT2D eigenvalue weighted by atomic mass is 19.1. The Morgan fingerprint density at radius 2 is 2.11 bits per heavy atom. The van der Waals surface area contributed by atoms with Gasteiger partial charge in [-0.15, -0.1) is 0 Å². The minimum absolute atomic E-state index is 0.0116. The number of amides is 3. The van der Waals surface area contributed by atoms with E-state index in [2.05, 4.69) is 33.5 Å². The van der Waals surface area contributed by atoms with Crippen molar-refractivity contribution in [1.29, 1.82) is 0 Å². The predicted molar refractivity (Wildman–Crippen MR) is 145 cm³/mol. The van der Waals surface area contributed by atoms with Gasteiger partial charge in [-0.1, -0.05) is 36.9 Å². The number of carbonyl (C=O) groups is 2. The van der Waals surface area contributed by atoms with Crippen LogP contribution in [0, 0.1) is 0 Å². The summed E-state index contributed by atoms with van der Waals surface area (Å²) in [6.45, 7) is 7.64. The first-order valence-corrected chi connectivity index (χ1v) is 13.7. The number of rotatable bonds is 7. The number of ether oxygens (including phenoxy) is 1. The zero-order chi connectivity index (χ0) is 26.6. The van der Waals surface area contributed by atoms with E-state index >= 15 is 0 Å². The number of urea groups is 1. The summed E-state index contributed by atoms with van der Waals surface area (Å²) in [5.41, 5.74) is 5.54. The summed E-state index contributed by atoms with van der Waals surface area (Å²) in [7, 11) is 0. The molecule has 202 valence electrons. The fraction of sp³-hybridized carbons (Fsp3) is 0.467. The van der Waals surface area contributed by atoms with Gasteiger partial charge in [-0.05, 0) is 74.6 Å². The monoisotopic (exact) mass is 520 g/mol. The van der Waals surface area contributed by atoms with Gasteiger partial charge in [-0.3, -0.25) is 4.79 Å². The van der Waals surface area contributed by atoms with Gasteiger partial charge in [0, 0.05) is 36.1 Å². The van der Waals surface area contributed by atoms with E-state index in [1.165, 1.54) is 0 Å². The van der Waals surface area contributed by atoms with Gasteiger partial charge in [0.25, 0.3) is 0 Å². The highest BCUT2D eigenvalue weighted by molar-refractivity contribution is 5.85. The normalized spacial score (nSPS) is 25.2. The second-order valence-corrected chi connectivity index (χ2v) is 10.7. The Bertz CT molecular complexity index is 1200. The standard InChI is InChI=1S/C30H37FN4O3/c1-19-7-14-28(29(36)33-19)35-17-23-15-21(8-13-26(23)20(35)2)16-32-30(37)34-24-9-11-25(12-10-24)38-18-22-5-3-4-6-27(22)31/h8-11,13,15,19,25,28H,2-7,12,14,16-18H2,1H3,(H,33,36)(H2,32,34,37). The average molecular weight is 521 g/mol. The molecule has 3 atom stereocenters. The lowest BCUT2D eigenvalue weighted by molar-refractivity contribution is -0.128. The molecule has 8 heteroatoms. The molecular weight excluding hydrogens is 483 g/mol. The van der Waals surface area contributed by atoms with Crippen molar-refractivity contribution < 1.29 is 18.7 Å². The SMILES string of the molecule is C=C1c2ccc(CNC(=O)NC3=CCC(OCC4=C(F)CCCC4)C=C3)cc2CN1C1CCC(C)NC1=O. The number of piperidine rings is 1. The quantitative estimate of drug-likeness (QED) is 0.474. The van der Waals surface area contributed by atoms with Gasteiger partial charge in [0.2, 0.25) is 5.91 Å². The molecule has 0 bridgehead atoms. The largest absolute Gasteiger partial charge is 0.369 e. The van der Waals surface area contributed by atoms with Crippen molar-refractivity contribution in [3.63, 3.8) is 0 Å². The van der Waals surface area contributed by atoms with Crippen molar-refractivity contribution in [2.75, 3.05) is 6.61 Å². The molecule has 38 heavy (non-hydrogen) atoms. The highest BCUT2D eigenvalue weighted by Crippen LogP contribution is 2.35. The number of benzene rings is 1. The molecule has 2 heterocycles. The van der Waals surface area contributed by atoms with Crippen LogP contribution in [0.5, 0.6) is 0 Å². The van der Waals surface area contributed by atoms with E-state index in [9.17, 15) is 14.0 Å². The molecule has 0 radical (unpaired) electrons. The van der Waals surface area contributed by atoms with Gasteiger partial charge < -0.3 is 25.6 Å². The lowest BCUT2D eigenvalue weighted by Crippen LogP contribution is -2.51. The third-order valence-corrected chi connectivity index (χ3v) is 7.86. The molecule has 1 aromatic carbocycles. The fourth-order valence-electron chi connectivity index (χ4n) is 5.61. The summed E-state index contributed by atoms with van der Waals surface area (Å²) in [6.07, 6.45) is 11.2. The smallest absolute Gasteiger partial charge is 0.319 e. The molecular formula is C30H37FN4O3. The first kappa shape index (κ1) is 26.2. The van der Waals surface area contributed by atoms with E-state index in [1.54, 1.807) is 0 Å². The Hall–Kier alpha value is -3.39. The highest BCUT2D eigenvalue weighted by Gasteiger charge is 2.35. The minimum atomic E-state index is -0.283. The molecule has 1 aromatic rings. The van der Waals surface area contributed by atoms with Crippen LogP contribution in [0.15, 0.2) is 60.1 Å². The van der Waals surface area contributed by atoms with Crippen molar-refractivity contribution in [2.45, 2.75) is 83.1 Å². The fourth-order valence-corrected chi connectivity index (χ4v) is 5.61. The molecule has 3 unspecified atom stereocenters. The lowest BCUT2D eigenvalue weighted by atomic mass is 9.99. The Morgan fingerprint density at radius 1 is 1.26 bits per heavy atom. The van der Waals surface area contributed by atoms with Crippen LogP contribution in [0.4, 0.5) is 9.18 Å². The maximum absolute atomic E-state index is 13.9. The molecule has 0 spiro atoms. The average Bonchev–Trinajstić information content (AvgIpc) is 3.23. The molecule has 5 rings (SSSR count). The Kier molecular flexibility index (Phi) is 7.98. The van der Waals surface area contributed by atoms with E-state index in [4.69, 9.17) is 4.74 Å². The maximum atomic E-state index is 13.9. The van der Waals surface area contributed by atoms with Crippen molar-refractivity contribution in [3.8, 4) is 0 Å². The summed E-state index contributed by atoms with van der Waals surface area (Å²) >= 11 is 0. The van der Waals surface area contributed by atoms with Gasteiger partial charge in [0.05, 0.1) is 12.7 Å². The van der Waals surface area contributed by atoms with Crippen LogP contribution in [-0.4, -0.2) is 41.6 Å². The summed E-state index contributed by atoms with van der Waals surface area (Å²) in [5.74, 6) is 0.0539. The molecule has 0 saturated carbocycles. The Labute approximate surface area is 223 Å². The number of fused-ring (bicyclic) bond motifs is 1. The molecule has 4 aliphatic rings. The number of carbonyl (C=O) groups excluding carboxylic acids is 2. The van der Waals surface area contributed by atoms with Gasteiger partial charge >= 0.3 is 6.03 Å². The third kappa shape index (κ3) is 6.01. The molecule has 2 aliphatic carbocycles. The van der Waals surface area contributed by atoms with E-state index in [-0.39, 0.29) is 36.0 Å². The molecule has 1 fully saturated rings. The van der Waals surface area contributed by atoms with Crippen molar-refractivity contribution in [1.82, 2.24) is 20.9 Å². The van der Waals surface area contributed by atoms with Gasteiger partial charge in [0.1, 0.15) is 11.9 Å². The van der Waals surface area contributed by atoms with Crippen LogP contribution < -0.4 is 16.0 Å². The zero-order valence-electron chi connectivity index (χ0n) is 22.0.